The molecular formula is C15H24N4OS. The van der Waals surface area contributed by atoms with Crippen LogP contribution < -0.4 is 11.1 Å². The Hall–Kier alpha value is -1.01. The molecule has 2 fully saturated rings. The molecule has 2 saturated carbocycles. The molecule has 1 heterocycles. The minimum Gasteiger partial charge on any atom is -0.368 e. The quantitative estimate of drug-likeness (QED) is 0.752. The SMILES string of the molecule is Cn1cc(SCCC2CCCC2(NC2CC2)C(N)=O)cn1. The molecule has 0 saturated heterocycles. The van der Waals surface area contributed by atoms with Gasteiger partial charge in [-0.2, -0.15) is 5.10 Å². The van der Waals surface area contributed by atoms with Gasteiger partial charge in [-0.3, -0.25) is 9.48 Å². The molecule has 1 aromatic heterocycles. The predicted molar refractivity (Wildman–Crippen MR) is 84.0 cm³/mol. The fraction of sp³-hybridized carbons (Fsp3) is 0.733. The van der Waals surface area contributed by atoms with Gasteiger partial charge in [-0.1, -0.05) is 6.42 Å². The predicted octanol–water partition coefficient (Wildman–Crippen LogP) is 1.68. The Kier molecular flexibility index (Phi) is 4.26. The fourth-order valence-electron chi connectivity index (χ4n) is 3.44. The van der Waals surface area contributed by atoms with E-state index in [0.29, 0.717) is 12.0 Å². The molecule has 3 N–H and O–H groups in total. The first kappa shape index (κ1) is 14.9. The average Bonchev–Trinajstić information content (AvgIpc) is 3.00. The van der Waals surface area contributed by atoms with Crippen LogP contribution in [0.25, 0.3) is 0 Å². The van der Waals surface area contributed by atoms with Crippen molar-refractivity contribution in [1.29, 1.82) is 0 Å². The lowest BCUT2D eigenvalue weighted by atomic mass is 9.84. The molecule has 0 aromatic carbocycles. The van der Waals surface area contributed by atoms with E-state index in [1.165, 1.54) is 17.7 Å². The molecule has 116 valence electrons. The second-order valence-electron chi connectivity index (χ2n) is 6.33. The first-order valence-corrected chi connectivity index (χ1v) is 8.78. The summed E-state index contributed by atoms with van der Waals surface area (Å²) in [5.41, 5.74) is 5.32. The number of carbonyl (C=O) groups is 1. The van der Waals surface area contributed by atoms with E-state index in [9.17, 15) is 4.79 Å². The van der Waals surface area contributed by atoms with Gasteiger partial charge in [0.2, 0.25) is 5.91 Å². The van der Waals surface area contributed by atoms with E-state index in [1.54, 1.807) is 0 Å². The van der Waals surface area contributed by atoms with Crippen molar-refractivity contribution >= 4 is 17.7 Å². The number of carbonyl (C=O) groups excluding carboxylic acids is 1. The molecule has 6 heteroatoms. The number of amides is 1. The summed E-state index contributed by atoms with van der Waals surface area (Å²) in [6.07, 6.45) is 10.4. The fourth-order valence-corrected chi connectivity index (χ4v) is 4.43. The molecule has 0 bridgehead atoms. The van der Waals surface area contributed by atoms with Crippen molar-refractivity contribution in [2.75, 3.05) is 5.75 Å². The van der Waals surface area contributed by atoms with Crippen LogP contribution in [0.15, 0.2) is 17.3 Å². The van der Waals surface area contributed by atoms with Crippen LogP contribution in [0.5, 0.6) is 0 Å². The minimum atomic E-state index is -0.448. The Bertz CT molecular complexity index is 514. The standard InChI is InChI=1S/C15H24N4OS/c1-19-10-13(9-17-19)21-8-6-11-3-2-7-15(11,14(16)20)18-12-4-5-12/h9-12,18H,2-8H2,1H3,(H2,16,20). The second-order valence-corrected chi connectivity index (χ2v) is 7.50. The van der Waals surface area contributed by atoms with Crippen LogP contribution in [-0.2, 0) is 11.8 Å². The van der Waals surface area contributed by atoms with Crippen molar-refractivity contribution in [3.8, 4) is 0 Å². The summed E-state index contributed by atoms with van der Waals surface area (Å²) in [6, 6.07) is 0.518. The Labute approximate surface area is 130 Å². The summed E-state index contributed by atoms with van der Waals surface area (Å²) < 4.78 is 1.82. The molecule has 21 heavy (non-hydrogen) atoms. The van der Waals surface area contributed by atoms with Crippen molar-refractivity contribution in [2.24, 2.45) is 18.7 Å². The zero-order chi connectivity index (χ0) is 14.9. The number of primary amides is 1. The normalized spacial score (nSPS) is 28.9. The van der Waals surface area contributed by atoms with Gasteiger partial charge < -0.3 is 11.1 Å². The molecule has 2 aliphatic carbocycles. The molecule has 1 aromatic rings. The van der Waals surface area contributed by atoms with Crippen LogP contribution in [0.4, 0.5) is 0 Å². The van der Waals surface area contributed by atoms with Gasteiger partial charge in [0.1, 0.15) is 5.54 Å². The molecule has 0 spiro atoms. The van der Waals surface area contributed by atoms with Gasteiger partial charge in [0.05, 0.1) is 6.20 Å². The largest absolute Gasteiger partial charge is 0.368 e. The van der Waals surface area contributed by atoms with E-state index < -0.39 is 5.54 Å². The molecule has 5 nitrogen and oxygen atoms in total. The van der Waals surface area contributed by atoms with Crippen LogP contribution in [0.1, 0.15) is 38.5 Å². The molecule has 1 amide bonds. The smallest absolute Gasteiger partial charge is 0.238 e. The highest BCUT2D eigenvalue weighted by molar-refractivity contribution is 7.99. The molecule has 0 radical (unpaired) electrons. The number of nitrogens with two attached hydrogens (primary N) is 1. The highest BCUT2D eigenvalue weighted by atomic mass is 32.2. The summed E-state index contributed by atoms with van der Waals surface area (Å²) in [7, 11) is 1.93. The highest BCUT2D eigenvalue weighted by Crippen LogP contribution is 2.41. The molecular weight excluding hydrogens is 284 g/mol. The zero-order valence-electron chi connectivity index (χ0n) is 12.5. The lowest BCUT2D eigenvalue weighted by Gasteiger charge is -2.34. The summed E-state index contributed by atoms with van der Waals surface area (Å²) in [5, 5.41) is 7.75. The minimum absolute atomic E-state index is 0.150. The van der Waals surface area contributed by atoms with Crippen LogP contribution in [0.3, 0.4) is 0 Å². The highest BCUT2D eigenvalue weighted by Gasteiger charge is 2.49. The molecule has 2 unspecified atom stereocenters. The Morgan fingerprint density at radius 1 is 1.57 bits per heavy atom. The topological polar surface area (TPSA) is 72.9 Å². The number of hydrogen-bond acceptors (Lipinski definition) is 4. The number of thioether (sulfide) groups is 1. The van der Waals surface area contributed by atoms with Gasteiger partial charge in [0.15, 0.2) is 0 Å². The lowest BCUT2D eigenvalue weighted by Crippen LogP contribution is -2.58. The summed E-state index contributed by atoms with van der Waals surface area (Å²) >= 11 is 1.81. The van der Waals surface area contributed by atoms with Crippen molar-refractivity contribution in [3.05, 3.63) is 12.4 Å². The van der Waals surface area contributed by atoms with Gasteiger partial charge in [-0.15, -0.1) is 11.8 Å². The van der Waals surface area contributed by atoms with Crippen LogP contribution in [0, 0.1) is 5.92 Å². The van der Waals surface area contributed by atoms with Crippen LogP contribution in [-0.4, -0.2) is 33.0 Å². The van der Waals surface area contributed by atoms with Crippen molar-refractivity contribution < 1.29 is 4.79 Å². The first-order chi connectivity index (χ1) is 10.1. The third kappa shape index (κ3) is 3.26. The van der Waals surface area contributed by atoms with E-state index in [0.717, 1.165) is 31.4 Å². The number of hydrogen-bond donors (Lipinski definition) is 2. The molecule has 2 aliphatic rings. The summed E-state index contributed by atoms with van der Waals surface area (Å²) in [4.78, 5) is 13.3. The number of nitrogens with one attached hydrogen (secondary N) is 1. The van der Waals surface area contributed by atoms with Crippen LogP contribution in [0.2, 0.25) is 0 Å². The monoisotopic (exact) mass is 308 g/mol. The van der Waals surface area contributed by atoms with E-state index >= 15 is 0 Å². The average molecular weight is 308 g/mol. The van der Waals surface area contributed by atoms with E-state index in [1.807, 2.05) is 35.9 Å². The number of nitrogens with zero attached hydrogens (tertiary/aromatic N) is 2. The van der Waals surface area contributed by atoms with E-state index in [4.69, 9.17) is 5.73 Å². The van der Waals surface area contributed by atoms with Gasteiger partial charge in [0, 0.05) is 24.2 Å². The number of rotatable bonds is 7. The van der Waals surface area contributed by atoms with Gasteiger partial charge >= 0.3 is 0 Å². The van der Waals surface area contributed by atoms with Crippen LogP contribution >= 0.6 is 11.8 Å². The molecule has 3 rings (SSSR count). The maximum atomic E-state index is 12.1. The Balaban J connectivity index is 1.58. The lowest BCUT2D eigenvalue weighted by molar-refractivity contribution is -0.126. The number of aryl methyl sites for hydroxylation is 1. The molecule has 2 atom stereocenters. The van der Waals surface area contributed by atoms with Gasteiger partial charge in [0.25, 0.3) is 0 Å². The van der Waals surface area contributed by atoms with E-state index in [2.05, 4.69) is 10.4 Å². The maximum Gasteiger partial charge on any atom is 0.238 e. The Morgan fingerprint density at radius 3 is 3.00 bits per heavy atom. The van der Waals surface area contributed by atoms with Gasteiger partial charge in [-0.25, -0.2) is 0 Å². The van der Waals surface area contributed by atoms with Gasteiger partial charge in [-0.05, 0) is 43.8 Å². The summed E-state index contributed by atoms with van der Waals surface area (Å²) in [6.45, 7) is 0. The maximum absolute atomic E-state index is 12.1. The van der Waals surface area contributed by atoms with E-state index in [-0.39, 0.29) is 5.91 Å². The third-order valence-corrected chi connectivity index (χ3v) is 5.70. The first-order valence-electron chi connectivity index (χ1n) is 7.79. The Morgan fingerprint density at radius 2 is 2.38 bits per heavy atom. The third-order valence-electron chi connectivity index (χ3n) is 4.72. The molecule has 0 aliphatic heterocycles. The van der Waals surface area contributed by atoms with Crippen molar-refractivity contribution in [3.63, 3.8) is 0 Å². The zero-order valence-corrected chi connectivity index (χ0v) is 13.4. The van der Waals surface area contributed by atoms with Crippen molar-refractivity contribution in [1.82, 2.24) is 15.1 Å². The van der Waals surface area contributed by atoms with Crippen molar-refractivity contribution in [2.45, 2.75) is 55.0 Å². The second kappa shape index (κ2) is 6.01. The number of aromatic nitrogens is 2. The summed E-state index contributed by atoms with van der Waals surface area (Å²) in [5.74, 6) is 1.24.